The fourth-order valence-electron chi connectivity index (χ4n) is 0.769. The second kappa shape index (κ2) is 4.60. The van der Waals surface area contributed by atoms with Gasteiger partial charge in [0.05, 0.1) is 0 Å². The van der Waals surface area contributed by atoms with Gasteiger partial charge in [-0.25, -0.2) is 0 Å². The van der Waals surface area contributed by atoms with Crippen LogP contribution in [0, 0.1) is 5.92 Å². The van der Waals surface area contributed by atoms with Crippen LogP contribution >= 0.6 is 11.6 Å². The molecule has 0 bridgehead atoms. The fourth-order valence-corrected chi connectivity index (χ4v) is 0.957. The highest BCUT2D eigenvalue weighted by atomic mass is 35.5. The number of nitrogens with zero attached hydrogens (tertiary/aromatic N) is 1. The summed E-state index contributed by atoms with van der Waals surface area (Å²) in [6.45, 7) is 6.19. The minimum atomic E-state index is -0.00660. The van der Waals surface area contributed by atoms with Crippen molar-refractivity contribution in [2.24, 2.45) is 5.92 Å². The molecular formula is C8H16ClNO. The molecule has 66 valence electrons. The molecule has 1 atom stereocenters. The molecule has 0 fully saturated rings. The molecule has 0 aromatic carbocycles. The average Bonchev–Trinajstić information content (AvgIpc) is 2.00. The predicted molar refractivity (Wildman–Crippen MR) is 47.8 cm³/mol. The van der Waals surface area contributed by atoms with Crippen LogP contribution in [-0.4, -0.2) is 29.8 Å². The maximum atomic E-state index is 11.1. The lowest BCUT2D eigenvalue weighted by atomic mass is 10.1. The summed E-state index contributed by atoms with van der Waals surface area (Å²) in [4.78, 5) is 12.7. The Morgan fingerprint density at radius 3 is 2.18 bits per heavy atom. The van der Waals surface area contributed by atoms with Crippen LogP contribution < -0.4 is 0 Å². The van der Waals surface area contributed by atoms with E-state index in [-0.39, 0.29) is 17.8 Å². The average molecular weight is 178 g/mol. The molecule has 1 amide bonds. The van der Waals surface area contributed by atoms with Crippen molar-refractivity contribution in [3.05, 3.63) is 0 Å². The molecule has 0 rings (SSSR count). The second-order valence-corrected chi connectivity index (χ2v) is 3.39. The Balaban J connectivity index is 4.01. The van der Waals surface area contributed by atoms with Gasteiger partial charge in [-0.3, -0.25) is 4.79 Å². The number of rotatable bonds is 3. The Labute approximate surface area is 73.5 Å². The standard InChI is InChI=1S/C8H16ClNO/c1-6(2)7(3)10(4)8(11)5-9/h6-7H,5H2,1-4H3. The third-order valence-electron chi connectivity index (χ3n) is 2.08. The normalized spacial score (nSPS) is 13.3. The molecule has 3 heteroatoms. The lowest BCUT2D eigenvalue weighted by molar-refractivity contribution is -0.129. The van der Waals surface area contributed by atoms with Crippen molar-refractivity contribution in [3.63, 3.8) is 0 Å². The van der Waals surface area contributed by atoms with Crippen molar-refractivity contribution < 1.29 is 4.79 Å². The van der Waals surface area contributed by atoms with Crippen LogP contribution in [-0.2, 0) is 4.79 Å². The minimum absolute atomic E-state index is 0.00660. The Kier molecular flexibility index (Phi) is 4.50. The molecule has 0 radical (unpaired) electrons. The summed E-state index contributed by atoms with van der Waals surface area (Å²) in [6.07, 6.45) is 0. The smallest absolute Gasteiger partial charge is 0.237 e. The summed E-state index contributed by atoms with van der Waals surface area (Å²) in [5.41, 5.74) is 0. The van der Waals surface area contributed by atoms with Crippen molar-refractivity contribution in [1.29, 1.82) is 0 Å². The lowest BCUT2D eigenvalue weighted by Crippen LogP contribution is -2.38. The molecule has 11 heavy (non-hydrogen) atoms. The van der Waals surface area contributed by atoms with Crippen LogP contribution in [0.25, 0.3) is 0 Å². The molecule has 0 aliphatic rings. The monoisotopic (exact) mass is 177 g/mol. The molecule has 0 N–H and O–H groups in total. The van der Waals surface area contributed by atoms with Gasteiger partial charge in [-0.15, -0.1) is 11.6 Å². The van der Waals surface area contributed by atoms with Gasteiger partial charge in [0.1, 0.15) is 5.88 Å². The highest BCUT2D eigenvalue weighted by Gasteiger charge is 2.16. The van der Waals surface area contributed by atoms with Gasteiger partial charge in [-0.2, -0.15) is 0 Å². The third kappa shape index (κ3) is 3.10. The first kappa shape index (κ1) is 10.8. The summed E-state index contributed by atoms with van der Waals surface area (Å²) < 4.78 is 0. The molecule has 0 aromatic rings. The van der Waals surface area contributed by atoms with Gasteiger partial charge >= 0.3 is 0 Å². The van der Waals surface area contributed by atoms with Gasteiger partial charge in [0, 0.05) is 13.1 Å². The zero-order valence-electron chi connectivity index (χ0n) is 7.60. The molecule has 1 unspecified atom stereocenters. The van der Waals surface area contributed by atoms with E-state index in [1.54, 1.807) is 11.9 Å². The maximum absolute atomic E-state index is 11.1. The number of hydrogen-bond acceptors (Lipinski definition) is 1. The first-order valence-electron chi connectivity index (χ1n) is 3.82. The SMILES string of the molecule is CC(C)C(C)N(C)C(=O)CCl. The van der Waals surface area contributed by atoms with Gasteiger partial charge in [0.15, 0.2) is 0 Å². The number of carbonyl (C=O) groups is 1. The van der Waals surface area contributed by atoms with Crippen LogP contribution in [0.2, 0.25) is 0 Å². The van der Waals surface area contributed by atoms with Crippen LogP contribution in [0.1, 0.15) is 20.8 Å². The highest BCUT2D eigenvalue weighted by molar-refractivity contribution is 6.27. The Morgan fingerprint density at radius 1 is 1.45 bits per heavy atom. The summed E-state index contributed by atoms with van der Waals surface area (Å²) >= 11 is 5.40. The Bertz CT molecular complexity index is 136. The summed E-state index contributed by atoms with van der Waals surface area (Å²) in [7, 11) is 1.79. The van der Waals surface area contributed by atoms with Crippen LogP contribution in [0.15, 0.2) is 0 Å². The summed E-state index contributed by atoms with van der Waals surface area (Å²) in [6, 6.07) is 0.265. The number of carbonyl (C=O) groups excluding carboxylic acids is 1. The fraction of sp³-hybridized carbons (Fsp3) is 0.875. The largest absolute Gasteiger partial charge is 0.342 e. The van der Waals surface area contributed by atoms with Gasteiger partial charge in [-0.05, 0) is 12.8 Å². The van der Waals surface area contributed by atoms with E-state index in [0.717, 1.165) is 0 Å². The quantitative estimate of drug-likeness (QED) is 0.602. The molecular weight excluding hydrogens is 162 g/mol. The molecule has 0 aliphatic heterocycles. The third-order valence-corrected chi connectivity index (χ3v) is 2.31. The predicted octanol–water partition coefficient (Wildman–Crippen LogP) is 1.73. The molecule has 2 nitrogen and oxygen atoms in total. The molecule has 0 aliphatic carbocycles. The second-order valence-electron chi connectivity index (χ2n) is 3.12. The van der Waals surface area contributed by atoms with Gasteiger partial charge < -0.3 is 4.90 Å². The molecule has 0 saturated carbocycles. The van der Waals surface area contributed by atoms with Gasteiger partial charge in [0.2, 0.25) is 5.91 Å². The zero-order valence-corrected chi connectivity index (χ0v) is 8.35. The van der Waals surface area contributed by atoms with Crippen molar-refractivity contribution in [3.8, 4) is 0 Å². The van der Waals surface area contributed by atoms with Crippen molar-refractivity contribution >= 4 is 17.5 Å². The number of alkyl halides is 1. The first-order valence-corrected chi connectivity index (χ1v) is 4.35. The van der Waals surface area contributed by atoms with E-state index in [4.69, 9.17) is 11.6 Å². The van der Waals surface area contributed by atoms with E-state index in [1.165, 1.54) is 0 Å². The minimum Gasteiger partial charge on any atom is -0.342 e. The van der Waals surface area contributed by atoms with E-state index in [9.17, 15) is 4.79 Å². The molecule has 0 aromatic heterocycles. The molecule has 0 heterocycles. The zero-order chi connectivity index (χ0) is 9.02. The Hall–Kier alpha value is -0.240. The number of amides is 1. The van der Waals surface area contributed by atoms with Crippen molar-refractivity contribution in [1.82, 2.24) is 4.90 Å². The van der Waals surface area contributed by atoms with Crippen LogP contribution in [0.3, 0.4) is 0 Å². The first-order chi connectivity index (χ1) is 5.00. The van der Waals surface area contributed by atoms with Crippen molar-refractivity contribution in [2.45, 2.75) is 26.8 Å². The number of hydrogen-bond donors (Lipinski definition) is 0. The maximum Gasteiger partial charge on any atom is 0.237 e. The van der Waals surface area contributed by atoms with E-state index in [1.807, 2.05) is 6.92 Å². The topological polar surface area (TPSA) is 20.3 Å². The highest BCUT2D eigenvalue weighted by Crippen LogP contribution is 2.08. The van der Waals surface area contributed by atoms with Crippen molar-refractivity contribution in [2.75, 3.05) is 12.9 Å². The van der Waals surface area contributed by atoms with E-state index in [0.29, 0.717) is 5.92 Å². The summed E-state index contributed by atoms with van der Waals surface area (Å²) in [5, 5.41) is 0. The van der Waals surface area contributed by atoms with Gasteiger partial charge in [-0.1, -0.05) is 13.8 Å². The van der Waals surface area contributed by atoms with E-state index in [2.05, 4.69) is 13.8 Å². The molecule has 0 saturated heterocycles. The van der Waals surface area contributed by atoms with E-state index >= 15 is 0 Å². The number of halogens is 1. The Morgan fingerprint density at radius 2 is 1.91 bits per heavy atom. The van der Waals surface area contributed by atoms with Crippen LogP contribution in [0.5, 0.6) is 0 Å². The van der Waals surface area contributed by atoms with Crippen LogP contribution in [0.4, 0.5) is 0 Å². The molecule has 0 spiro atoms. The van der Waals surface area contributed by atoms with Gasteiger partial charge in [0.25, 0.3) is 0 Å². The van der Waals surface area contributed by atoms with E-state index < -0.39 is 0 Å². The lowest BCUT2D eigenvalue weighted by Gasteiger charge is -2.27. The summed E-state index contributed by atoms with van der Waals surface area (Å²) in [5.74, 6) is 0.549.